The van der Waals surface area contributed by atoms with E-state index in [0.29, 0.717) is 0 Å². The number of hydrogen-bond donors (Lipinski definition) is 1. The van der Waals surface area contributed by atoms with Crippen LogP contribution in [0.25, 0.3) is 0 Å². The summed E-state index contributed by atoms with van der Waals surface area (Å²) in [5, 5.41) is 3.79. The SMILES string of the molecule is CCCNC1CC2CCCC(C1)N2CC1CCC(C)C1. The summed E-state index contributed by atoms with van der Waals surface area (Å²) >= 11 is 0. The van der Waals surface area contributed by atoms with Gasteiger partial charge in [0.15, 0.2) is 0 Å². The molecule has 1 aliphatic carbocycles. The van der Waals surface area contributed by atoms with Crippen molar-refractivity contribution in [3.05, 3.63) is 0 Å². The van der Waals surface area contributed by atoms with Gasteiger partial charge in [-0.3, -0.25) is 4.90 Å². The topological polar surface area (TPSA) is 15.3 Å². The molecule has 3 rings (SSSR count). The van der Waals surface area contributed by atoms with Gasteiger partial charge in [0.1, 0.15) is 0 Å². The van der Waals surface area contributed by atoms with Crippen molar-refractivity contribution in [1.29, 1.82) is 0 Å². The molecule has 116 valence electrons. The Morgan fingerprint density at radius 3 is 2.35 bits per heavy atom. The van der Waals surface area contributed by atoms with Crippen LogP contribution in [0.4, 0.5) is 0 Å². The largest absolute Gasteiger partial charge is 0.314 e. The van der Waals surface area contributed by atoms with Crippen molar-refractivity contribution in [2.24, 2.45) is 11.8 Å². The van der Waals surface area contributed by atoms with Gasteiger partial charge in [-0.25, -0.2) is 0 Å². The molecule has 1 N–H and O–H groups in total. The predicted molar refractivity (Wildman–Crippen MR) is 86.0 cm³/mol. The van der Waals surface area contributed by atoms with Crippen molar-refractivity contribution in [3.63, 3.8) is 0 Å². The summed E-state index contributed by atoms with van der Waals surface area (Å²) in [6.07, 6.45) is 13.0. The van der Waals surface area contributed by atoms with Gasteiger partial charge in [0, 0.05) is 24.7 Å². The molecule has 2 aliphatic heterocycles. The van der Waals surface area contributed by atoms with Crippen molar-refractivity contribution >= 4 is 0 Å². The Kier molecular flexibility index (Phi) is 5.04. The first-order valence-electron chi connectivity index (χ1n) is 9.25. The summed E-state index contributed by atoms with van der Waals surface area (Å²) in [7, 11) is 0. The minimum Gasteiger partial charge on any atom is -0.314 e. The molecule has 0 spiro atoms. The van der Waals surface area contributed by atoms with Crippen molar-refractivity contribution in [2.75, 3.05) is 13.1 Å². The third kappa shape index (κ3) is 3.39. The lowest BCUT2D eigenvalue weighted by atomic mass is 9.81. The average molecular weight is 278 g/mol. The Bertz CT molecular complexity index is 290. The number of piperidine rings is 2. The van der Waals surface area contributed by atoms with E-state index < -0.39 is 0 Å². The Morgan fingerprint density at radius 1 is 1.00 bits per heavy atom. The van der Waals surface area contributed by atoms with E-state index >= 15 is 0 Å². The number of fused-ring (bicyclic) bond motifs is 2. The standard InChI is InChI=1S/C18H34N2/c1-3-9-19-16-11-17-5-4-6-18(12-16)20(17)13-15-8-7-14(2)10-15/h14-19H,3-13H2,1-2H3. The quantitative estimate of drug-likeness (QED) is 0.822. The van der Waals surface area contributed by atoms with Gasteiger partial charge < -0.3 is 5.32 Å². The van der Waals surface area contributed by atoms with Crippen molar-refractivity contribution in [1.82, 2.24) is 10.2 Å². The molecule has 1 saturated carbocycles. The molecule has 2 heteroatoms. The molecular formula is C18H34N2. The molecule has 0 aromatic carbocycles. The fourth-order valence-corrected chi connectivity index (χ4v) is 5.08. The summed E-state index contributed by atoms with van der Waals surface area (Å²) in [6.45, 7) is 7.36. The van der Waals surface area contributed by atoms with Crippen LogP contribution in [-0.2, 0) is 0 Å². The molecule has 0 radical (unpaired) electrons. The van der Waals surface area contributed by atoms with Crippen LogP contribution in [0.5, 0.6) is 0 Å². The van der Waals surface area contributed by atoms with Gasteiger partial charge in [-0.15, -0.1) is 0 Å². The van der Waals surface area contributed by atoms with Gasteiger partial charge in [0.2, 0.25) is 0 Å². The molecule has 3 fully saturated rings. The summed E-state index contributed by atoms with van der Waals surface area (Å²) in [5.41, 5.74) is 0. The first-order valence-corrected chi connectivity index (χ1v) is 9.25. The fourth-order valence-electron chi connectivity index (χ4n) is 5.08. The normalized spacial score (nSPS) is 42.0. The van der Waals surface area contributed by atoms with E-state index in [9.17, 15) is 0 Å². The Morgan fingerprint density at radius 2 is 1.75 bits per heavy atom. The van der Waals surface area contributed by atoms with Gasteiger partial charge in [-0.05, 0) is 63.3 Å². The van der Waals surface area contributed by atoms with Gasteiger partial charge in [-0.1, -0.05) is 26.7 Å². The molecule has 2 bridgehead atoms. The second-order valence-electron chi connectivity index (χ2n) is 7.84. The van der Waals surface area contributed by atoms with E-state index in [1.54, 1.807) is 0 Å². The van der Waals surface area contributed by atoms with Gasteiger partial charge in [0.05, 0.1) is 0 Å². The molecule has 2 heterocycles. The Balaban J connectivity index is 1.56. The zero-order valence-corrected chi connectivity index (χ0v) is 13.6. The number of hydrogen-bond acceptors (Lipinski definition) is 2. The second kappa shape index (κ2) is 6.79. The molecule has 3 aliphatic rings. The molecule has 0 aromatic rings. The minimum atomic E-state index is 0.809. The average Bonchev–Trinajstić information content (AvgIpc) is 2.82. The lowest BCUT2D eigenvalue weighted by molar-refractivity contribution is 0.0126. The van der Waals surface area contributed by atoms with Crippen LogP contribution in [0.2, 0.25) is 0 Å². The maximum atomic E-state index is 3.79. The molecule has 0 aromatic heterocycles. The van der Waals surface area contributed by atoms with Crippen molar-refractivity contribution < 1.29 is 0 Å². The lowest BCUT2D eigenvalue weighted by Gasteiger charge is -2.50. The highest BCUT2D eigenvalue weighted by Gasteiger charge is 2.39. The van der Waals surface area contributed by atoms with E-state index in [4.69, 9.17) is 0 Å². The van der Waals surface area contributed by atoms with Crippen LogP contribution in [0.15, 0.2) is 0 Å². The summed E-state index contributed by atoms with van der Waals surface area (Å²) in [4.78, 5) is 2.94. The van der Waals surface area contributed by atoms with E-state index in [-0.39, 0.29) is 0 Å². The highest BCUT2D eigenvalue weighted by atomic mass is 15.2. The second-order valence-corrected chi connectivity index (χ2v) is 7.84. The zero-order valence-electron chi connectivity index (χ0n) is 13.6. The van der Waals surface area contributed by atoms with Crippen LogP contribution < -0.4 is 5.32 Å². The highest BCUT2D eigenvalue weighted by molar-refractivity contribution is 4.96. The fraction of sp³-hybridized carbons (Fsp3) is 1.00. The van der Waals surface area contributed by atoms with Crippen LogP contribution >= 0.6 is 0 Å². The molecule has 0 amide bonds. The summed E-state index contributed by atoms with van der Waals surface area (Å²) in [6, 6.07) is 2.60. The maximum Gasteiger partial charge on any atom is 0.0113 e. The molecular weight excluding hydrogens is 244 g/mol. The maximum absolute atomic E-state index is 3.79. The number of rotatable bonds is 5. The smallest absolute Gasteiger partial charge is 0.0113 e. The molecule has 2 nitrogen and oxygen atoms in total. The van der Waals surface area contributed by atoms with Crippen molar-refractivity contribution in [3.8, 4) is 0 Å². The monoisotopic (exact) mass is 278 g/mol. The van der Waals surface area contributed by atoms with Crippen LogP contribution in [0, 0.1) is 11.8 Å². The van der Waals surface area contributed by atoms with E-state index in [1.165, 1.54) is 70.9 Å². The van der Waals surface area contributed by atoms with E-state index in [0.717, 1.165) is 30.0 Å². The highest BCUT2D eigenvalue weighted by Crippen LogP contribution is 2.38. The summed E-state index contributed by atoms with van der Waals surface area (Å²) in [5.74, 6) is 2.00. The van der Waals surface area contributed by atoms with Crippen LogP contribution in [0.1, 0.15) is 71.6 Å². The molecule has 20 heavy (non-hydrogen) atoms. The third-order valence-electron chi connectivity index (χ3n) is 6.08. The first-order chi connectivity index (χ1) is 9.76. The third-order valence-corrected chi connectivity index (χ3v) is 6.08. The number of nitrogens with zero attached hydrogens (tertiary/aromatic N) is 1. The summed E-state index contributed by atoms with van der Waals surface area (Å²) < 4.78 is 0. The van der Waals surface area contributed by atoms with Gasteiger partial charge in [0.25, 0.3) is 0 Å². The molecule has 4 atom stereocenters. The number of nitrogens with one attached hydrogen (secondary N) is 1. The van der Waals surface area contributed by atoms with Crippen molar-refractivity contribution in [2.45, 2.75) is 89.8 Å². The van der Waals surface area contributed by atoms with Crippen LogP contribution in [0.3, 0.4) is 0 Å². The van der Waals surface area contributed by atoms with Gasteiger partial charge in [-0.2, -0.15) is 0 Å². The molecule has 2 saturated heterocycles. The van der Waals surface area contributed by atoms with E-state index in [1.807, 2.05) is 0 Å². The van der Waals surface area contributed by atoms with Crippen LogP contribution in [-0.4, -0.2) is 36.1 Å². The van der Waals surface area contributed by atoms with Gasteiger partial charge >= 0.3 is 0 Å². The predicted octanol–water partition coefficient (Wildman–Crippen LogP) is 3.81. The first kappa shape index (κ1) is 14.8. The van der Waals surface area contributed by atoms with E-state index in [2.05, 4.69) is 24.1 Å². The zero-order chi connectivity index (χ0) is 13.9. The lowest BCUT2D eigenvalue weighted by Crippen LogP contribution is -2.57. The Hall–Kier alpha value is -0.0800. The molecule has 4 unspecified atom stereocenters. The Labute approximate surface area is 125 Å². The minimum absolute atomic E-state index is 0.809.